The molecule has 1 saturated heterocycles. The average Bonchev–Trinajstić information content (AvgIpc) is 3.38. The van der Waals surface area contributed by atoms with E-state index in [-0.39, 0.29) is 17.4 Å². The summed E-state index contributed by atoms with van der Waals surface area (Å²) in [6.45, 7) is 4.08. The molecule has 1 atom stereocenters. The Balaban J connectivity index is 1.47. The number of benzene rings is 1. The Kier molecular flexibility index (Phi) is 5.89. The van der Waals surface area contributed by atoms with Gasteiger partial charge in [-0.2, -0.15) is 18.4 Å². The fourth-order valence-electron chi connectivity index (χ4n) is 4.71. The van der Waals surface area contributed by atoms with Crippen LogP contribution in [0.5, 0.6) is 5.75 Å². The summed E-state index contributed by atoms with van der Waals surface area (Å²) in [5.41, 5.74) is 7.50. The Morgan fingerprint density at radius 1 is 1.25 bits per heavy atom. The normalized spacial score (nSPS) is 17.0. The Bertz CT molecular complexity index is 1430. The van der Waals surface area contributed by atoms with Gasteiger partial charge in [-0.25, -0.2) is 14.4 Å². The minimum Gasteiger partial charge on any atom is -0.432 e. The molecule has 0 aliphatic carbocycles. The third-order valence-electron chi connectivity index (χ3n) is 6.18. The SMILES string of the molecule is Cc1nn(CC(C)(C)O)cc1N1CCC[C@@H](c2nc3c4cc(F)c(OC(F)F)cc4nc(N)n3n2)C1. The maximum atomic E-state index is 14.4. The van der Waals surface area contributed by atoms with Crippen molar-refractivity contribution in [2.45, 2.75) is 58.3 Å². The zero-order valence-corrected chi connectivity index (χ0v) is 20.1. The second-order valence-electron chi connectivity index (χ2n) is 9.75. The highest BCUT2D eigenvalue weighted by Gasteiger charge is 2.28. The van der Waals surface area contributed by atoms with Gasteiger partial charge in [0, 0.05) is 36.7 Å². The number of nitrogens with zero attached hydrogens (tertiary/aromatic N) is 7. The topological polar surface area (TPSA) is 120 Å². The van der Waals surface area contributed by atoms with E-state index < -0.39 is 23.8 Å². The highest BCUT2D eigenvalue weighted by molar-refractivity contribution is 5.93. The van der Waals surface area contributed by atoms with E-state index in [1.165, 1.54) is 4.52 Å². The fourth-order valence-corrected chi connectivity index (χ4v) is 4.71. The van der Waals surface area contributed by atoms with Gasteiger partial charge < -0.3 is 20.5 Å². The first-order valence-electron chi connectivity index (χ1n) is 11.6. The molecular weight excluding hydrogens is 477 g/mol. The van der Waals surface area contributed by atoms with Crippen LogP contribution in [0.25, 0.3) is 16.6 Å². The molecule has 1 aromatic carbocycles. The van der Waals surface area contributed by atoms with Crippen LogP contribution in [-0.2, 0) is 6.54 Å². The molecule has 1 fully saturated rings. The number of hydrogen-bond donors (Lipinski definition) is 2. The van der Waals surface area contributed by atoms with Gasteiger partial charge in [0.1, 0.15) is 0 Å². The average molecular weight is 505 g/mol. The fraction of sp³-hybridized carbons (Fsp3) is 0.478. The van der Waals surface area contributed by atoms with Crippen LogP contribution >= 0.6 is 0 Å². The number of fused-ring (bicyclic) bond motifs is 3. The molecule has 1 aliphatic rings. The molecule has 0 saturated carbocycles. The van der Waals surface area contributed by atoms with Crippen LogP contribution in [0, 0.1) is 12.7 Å². The highest BCUT2D eigenvalue weighted by atomic mass is 19.3. The second kappa shape index (κ2) is 8.80. The summed E-state index contributed by atoms with van der Waals surface area (Å²) >= 11 is 0. The van der Waals surface area contributed by atoms with Crippen molar-refractivity contribution in [1.82, 2.24) is 29.4 Å². The maximum Gasteiger partial charge on any atom is 0.387 e. The van der Waals surface area contributed by atoms with E-state index in [2.05, 4.69) is 29.8 Å². The summed E-state index contributed by atoms with van der Waals surface area (Å²) in [5, 5.41) is 19.5. The first kappa shape index (κ1) is 24.1. The molecule has 4 aromatic rings. The molecule has 1 aliphatic heterocycles. The third kappa shape index (κ3) is 4.62. The molecule has 3 aromatic heterocycles. The number of anilines is 2. The first-order chi connectivity index (χ1) is 17.0. The molecule has 36 heavy (non-hydrogen) atoms. The molecule has 0 unspecified atom stereocenters. The molecule has 0 radical (unpaired) electrons. The molecule has 5 rings (SSSR count). The molecule has 10 nitrogen and oxygen atoms in total. The van der Waals surface area contributed by atoms with E-state index in [1.807, 2.05) is 13.1 Å². The molecule has 192 valence electrons. The van der Waals surface area contributed by atoms with E-state index in [9.17, 15) is 18.3 Å². The number of nitrogen functional groups attached to an aromatic ring is 1. The lowest BCUT2D eigenvalue weighted by Gasteiger charge is -2.32. The van der Waals surface area contributed by atoms with Gasteiger partial charge >= 0.3 is 6.61 Å². The summed E-state index contributed by atoms with van der Waals surface area (Å²) in [7, 11) is 0. The predicted octanol–water partition coefficient (Wildman–Crippen LogP) is 3.26. The van der Waals surface area contributed by atoms with Crippen LogP contribution < -0.4 is 15.4 Å². The quantitative estimate of drug-likeness (QED) is 0.411. The standard InChI is InChI=1S/C23H27F3N8O2/c1-12-17(10-33(30-12)11-23(2,3)35)32-6-4-5-13(9-32)19-29-20-14-7-15(24)18(36-21(25)26)8-16(14)28-22(27)34(20)31-19/h7-8,10,13,21,35H,4-6,9,11H2,1-3H3,(H2,27,28)/t13-/m1/s1. The third-order valence-corrected chi connectivity index (χ3v) is 6.18. The zero-order valence-electron chi connectivity index (χ0n) is 20.1. The number of alkyl halides is 2. The van der Waals surface area contributed by atoms with Gasteiger partial charge in [-0.1, -0.05) is 0 Å². The summed E-state index contributed by atoms with van der Waals surface area (Å²) in [6, 6.07) is 2.14. The van der Waals surface area contributed by atoms with Gasteiger partial charge in [0.15, 0.2) is 23.0 Å². The van der Waals surface area contributed by atoms with Crippen molar-refractivity contribution in [1.29, 1.82) is 0 Å². The summed E-state index contributed by atoms with van der Waals surface area (Å²) in [5.74, 6) is -1.06. The van der Waals surface area contributed by atoms with Crippen molar-refractivity contribution in [3.8, 4) is 5.75 Å². The molecule has 13 heteroatoms. The predicted molar refractivity (Wildman–Crippen MR) is 127 cm³/mol. The number of halogens is 3. The van der Waals surface area contributed by atoms with Gasteiger partial charge in [-0.3, -0.25) is 4.68 Å². The van der Waals surface area contributed by atoms with E-state index >= 15 is 0 Å². The molecule has 3 N–H and O–H groups in total. The van der Waals surface area contributed by atoms with E-state index in [0.29, 0.717) is 29.9 Å². The van der Waals surface area contributed by atoms with E-state index in [4.69, 9.17) is 5.73 Å². The number of piperidine rings is 1. The second-order valence-corrected chi connectivity index (χ2v) is 9.75. The van der Waals surface area contributed by atoms with Crippen molar-refractivity contribution in [2.24, 2.45) is 0 Å². The van der Waals surface area contributed by atoms with Crippen LogP contribution in [0.3, 0.4) is 0 Å². The number of ether oxygens (including phenoxy) is 1. The number of aryl methyl sites for hydroxylation is 1. The first-order valence-corrected chi connectivity index (χ1v) is 11.6. The largest absolute Gasteiger partial charge is 0.432 e. The van der Waals surface area contributed by atoms with Gasteiger partial charge in [0.25, 0.3) is 0 Å². The van der Waals surface area contributed by atoms with Crippen LogP contribution in [-0.4, -0.2) is 59.8 Å². The van der Waals surface area contributed by atoms with Gasteiger partial charge in [0.2, 0.25) is 5.95 Å². The Labute approximate surface area is 204 Å². The van der Waals surface area contributed by atoms with Crippen molar-refractivity contribution in [3.63, 3.8) is 0 Å². The molecule has 0 bridgehead atoms. The number of hydrogen-bond acceptors (Lipinski definition) is 8. The Hall–Kier alpha value is -3.61. The lowest BCUT2D eigenvalue weighted by atomic mass is 9.97. The van der Waals surface area contributed by atoms with Crippen molar-refractivity contribution in [3.05, 3.63) is 35.7 Å². The summed E-state index contributed by atoms with van der Waals surface area (Å²) in [4.78, 5) is 11.1. The lowest BCUT2D eigenvalue weighted by molar-refractivity contribution is -0.0520. The number of aliphatic hydroxyl groups is 1. The number of aromatic nitrogens is 6. The Morgan fingerprint density at radius 3 is 2.75 bits per heavy atom. The van der Waals surface area contributed by atoms with E-state index in [0.717, 1.165) is 42.9 Å². The smallest absolute Gasteiger partial charge is 0.387 e. The molecular formula is C23H27F3N8O2. The van der Waals surface area contributed by atoms with Crippen molar-refractivity contribution < 1.29 is 23.0 Å². The van der Waals surface area contributed by atoms with Crippen LogP contribution in [0.1, 0.15) is 44.1 Å². The minimum atomic E-state index is -3.17. The lowest BCUT2D eigenvalue weighted by Crippen LogP contribution is -2.35. The van der Waals surface area contributed by atoms with Gasteiger partial charge in [-0.15, -0.1) is 5.10 Å². The van der Waals surface area contributed by atoms with Gasteiger partial charge in [0.05, 0.1) is 29.0 Å². The Morgan fingerprint density at radius 2 is 2.03 bits per heavy atom. The van der Waals surface area contributed by atoms with E-state index in [1.54, 1.807) is 18.5 Å². The zero-order chi connectivity index (χ0) is 25.8. The minimum absolute atomic E-state index is 0.00209. The van der Waals surface area contributed by atoms with Crippen LogP contribution in [0.2, 0.25) is 0 Å². The molecule has 4 heterocycles. The monoisotopic (exact) mass is 504 g/mol. The van der Waals surface area contributed by atoms with Crippen LogP contribution in [0.15, 0.2) is 18.3 Å². The molecule has 0 amide bonds. The highest BCUT2D eigenvalue weighted by Crippen LogP contribution is 2.33. The van der Waals surface area contributed by atoms with Crippen molar-refractivity contribution >= 4 is 28.2 Å². The summed E-state index contributed by atoms with van der Waals surface area (Å²) in [6.07, 6.45) is 3.67. The van der Waals surface area contributed by atoms with Gasteiger partial charge in [-0.05, 0) is 39.7 Å². The maximum absolute atomic E-state index is 14.4. The summed E-state index contributed by atoms with van der Waals surface area (Å²) < 4.78 is 47.0. The van der Waals surface area contributed by atoms with Crippen LogP contribution in [0.4, 0.5) is 24.8 Å². The molecule has 0 spiro atoms. The number of nitrogens with two attached hydrogens (primary N) is 1. The number of rotatable bonds is 6. The van der Waals surface area contributed by atoms with Crippen molar-refractivity contribution in [2.75, 3.05) is 23.7 Å².